The van der Waals surface area contributed by atoms with Gasteiger partial charge in [0.1, 0.15) is 0 Å². The zero-order valence-electron chi connectivity index (χ0n) is 9.74. The predicted molar refractivity (Wildman–Crippen MR) is 69.5 cm³/mol. The number of hydrazone groups is 1. The minimum atomic E-state index is -0.406. The lowest BCUT2D eigenvalue weighted by Crippen LogP contribution is -2.33. The molecule has 0 saturated heterocycles. The van der Waals surface area contributed by atoms with E-state index in [4.69, 9.17) is 0 Å². The van der Waals surface area contributed by atoms with Gasteiger partial charge in [0.2, 0.25) is 0 Å². The minimum Gasteiger partial charge on any atom is -0.279 e. The molecule has 0 heterocycles. The van der Waals surface area contributed by atoms with Crippen LogP contribution in [0.2, 0.25) is 0 Å². The van der Waals surface area contributed by atoms with Crippen LogP contribution >= 0.6 is 0 Å². The number of anilines is 1. The van der Waals surface area contributed by atoms with Crippen molar-refractivity contribution in [3.05, 3.63) is 46.5 Å². The maximum atomic E-state index is 10.5. The molecule has 5 nitrogen and oxygen atoms in total. The van der Waals surface area contributed by atoms with Gasteiger partial charge < -0.3 is 0 Å². The SMILES string of the molecule is O=[N+]([O-])c1ccc(N/N=C2\CC3C=CCC23)cc1. The van der Waals surface area contributed by atoms with Gasteiger partial charge in [-0.15, -0.1) is 0 Å². The molecule has 3 rings (SSSR count). The number of rotatable bonds is 3. The molecule has 0 aliphatic heterocycles. The summed E-state index contributed by atoms with van der Waals surface area (Å²) in [5.74, 6) is 1.26. The molecule has 2 atom stereocenters. The van der Waals surface area contributed by atoms with Crippen LogP contribution in [0.15, 0.2) is 41.5 Å². The smallest absolute Gasteiger partial charge is 0.269 e. The first kappa shape index (κ1) is 11.0. The number of nitrogens with zero attached hydrogens (tertiary/aromatic N) is 2. The van der Waals surface area contributed by atoms with Gasteiger partial charge in [-0.05, 0) is 30.9 Å². The second-order valence-corrected chi connectivity index (χ2v) is 4.66. The van der Waals surface area contributed by atoms with Gasteiger partial charge in [-0.2, -0.15) is 5.10 Å². The molecule has 2 aliphatic rings. The highest BCUT2D eigenvalue weighted by Gasteiger charge is 2.37. The van der Waals surface area contributed by atoms with Crippen molar-refractivity contribution in [1.29, 1.82) is 0 Å². The second kappa shape index (κ2) is 4.25. The van der Waals surface area contributed by atoms with Crippen LogP contribution in [-0.4, -0.2) is 10.6 Å². The summed E-state index contributed by atoms with van der Waals surface area (Å²) in [6.45, 7) is 0. The standard InChI is InChI=1S/C13H13N3O2/c17-16(18)11-6-4-10(5-7-11)14-15-13-8-9-2-1-3-12(9)13/h1-2,4-7,9,12,14H,3,8H2/b15-13+. The fraction of sp³-hybridized carbons (Fsp3) is 0.308. The molecule has 0 bridgehead atoms. The molecule has 1 fully saturated rings. The van der Waals surface area contributed by atoms with Crippen LogP contribution in [0.4, 0.5) is 11.4 Å². The molecule has 18 heavy (non-hydrogen) atoms. The molecule has 0 radical (unpaired) electrons. The number of nitro groups is 1. The highest BCUT2D eigenvalue weighted by atomic mass is 16.6. The number of nitrogens with one attached hydrogen (secondary N) is 1. The van der Waals surface area contributed by atoms with Crippen molar-refractivity contribution in [2.24, 2.45) is 16.9 Å². The molecule has 92 valence electrons. The zero-order chi connectivity index (χ0) is 12.5. The quantitative estimate of drug-likeness (QED) is 0.504. The molecule has 1 aromatic carbocycles. The van der Waals surface area contributed by atoms with E-state index in [0.29, 0.717) is 11.8 Å². The van der Waals surface area contributed by atoms with Crippen molar-refractivity contribution in [2.75, 3.05) is 5.43 Å². The Balaban J connectivity index is 1.63. The molecule has 2 unspecified atom stereocenters. The summed E-state index contributed by atoms with van der Waals surface area (Å²) in [6.07, 6.45) is 6.59. The van der Waals surface area contributed by atoms with Gasteiger partial charge in [0.05, 0.1) is 10.6 Å². The molecule has 1 N–H and O–H groups in total. The predicted octanol–water partition coefficient (Wildman–Crippen LogP) is 2.96. The van der Waals surface area contributed by atoms with Crippen molar-refractivity contribution in [3.8, 4) is 0 Å². The van der Waals surface area contributed by atoms with E-state index in [-0.39, 0.29) is 5.69 Å². The first-order valence-corrected chi connectivity index (χ1v) is 5.97. The molecule has 0 aromatic heterocycles. The third-order valence-electron chi connectivity index (χ3n) is 3.57. The van der Waals surface area contributed by atoms with Crippen LogP contribution in [0.25, 0.3) is 0 Å². The number of benzene rings is 1. The number of hydrogen-bond donors (Lipinski definition) is 1. The van der Waals surface area contributed by atoms with Crippen LogP contribution in [0, 0.1) is 22.0 Å². The lowest BCUT2D eigenvalue weighted by molar-refractivity contribution is -0.384. The molecule has 0 amide bonds. The van der Waals surface area contributed by atoms with Gasteiger partial charge in [-0.1, -0.05) is 12.2 Å². The fourth-order valence-electron chi connectivity index (χ4n) is 2.46. The Labute approximate surface area is 104 Å². The molecule has 0 spiro atoms. The van der Waals surface area contributed by atoms with E-state index in [2.05, 4.69) is 22.7 Å². The Morgan fingerprint density at radius 2 is 2.11 bits per heavy atom. The van der Waals surface area contributed by atoms with E-state index in [0.717, 1.165) is 18.5 Å². The molecule has 5 heteroatoms. The maximum absolute atomic E-state index is 10.5. The number of fused-ring (bicyclic) bond motifs is 1. The summed E-state index contributed by atoms with van der Waals surface area (Å²) in [5.41, 5.74) is 5.03. The van der Waals surface area contributed by atoms with Gasteiger partial charge in [0, 0.05) is 23.8 Å². The van der Waals surface area contributed by atoms with Crippen LogP contribution in [0.5, 0.6) is 0 Å². The summed E-state index contributed by atoms with van der Waals surface area (Å²) >= 11 is 0. The zero-order valence-corrected chi connectivity index (χ0v) is 9.74. The van der Waals surface area contributed by atoms with Gasteiger partial charge in [0.15, 0.2) is 0 Å². The third-order valence-corrected chi connectivity index (χ3v) is 3.57. The average molecular weight is 243 g/mol. The number of non-ortho nitro benzene ring substituents is 1. The molecule has 1 aromatic rings. The number of nitro benzene ring substituents is 1. The lowest BCUT2D eigenvalue weighted by atomic mass is 9.74. The number of allylic oxidation sites excluding steroid dienone is 2. The first-order valence-electron chi connectivity index (χ1n) is 5.97. The van der Waals surface area contributed by atoms with E-state index in [1.807, 2.05) is 0 Å². The fourth-order valence-corrected chi connectivity index (χ4v) is 2.46. The summed E-state index contributed by atoms with van der Waals surface area (Å²) in [7, 11) is 0. The van der Waals surface area contributed by atoms with Crippen LogP contribution < -0.4 is 5.43 Å². The van der Waals surface area contributed by atoms with Crippen molar-refractivity contribution in [1.82, 2.24) is 0 Å². The van der Waals surface area contributed by atoms with E-state index in [1.54, 1.807) is 12.1 Å². The molecule has 2 aliphatic carbocycles. The lowest BCUT2D eigenvalue weighted by Gasteiger charge is -2.31. The largest absolute Gasteiger partial charge is 0.279 e. The van der Waals surface area contributed by atoms with E-state index < -0.39 is 4.92 Å². The third kappa shape index (κ3) is 1.88. The highest BCUT2D eigenvalue weighted by Crippen LogP contribution is 2.40. The summed E-state index contributed by atoms with van der Waals surface area (Å²) in [5, 5.41) is 14.9. The van der Waals surface area contributed by atoms with Gasteiger partial charge in [0.25, 0.3) is 5.69 Å². The van der Waals surface area contributed by atoms with Crippen LogP contribution in [0.1, 0.15) is 12.8 Å². The maximum Gasteiger partial charge on any atom is 0.269 e. The van der Waals surface area contributed by atoms with Crippen molar-refractivity contribution < 1.29 is 4.92 Å². The van der Waals surface area contributed by atoms with Gasteiger partial charge in [-0.3, -0.25) is 15.5 Å². The Bertz CT molecular complexity index is 534. The van der Waals surface area contributed by atoms with Crippen LogP contribution in [0.3, 0.4) is 0 Å². The second-order valence-electron chi connectivity index (χ2n) is 4.66. The normalized spacial score (nSPS) is 26.8. The van der Waals surface area contributed by atoms with Crippen LogP contribution in [-0.2, 0) is 0 Å². The summed E-state index contributed by atoms with van der Waals surface area (Å²) < 4.78 is 0. The highest BCUT2D eigenvalue weighted by molar-refractivity contribution is 5.94. The van der Waals surface area contributed by atoms with Gasteiger partial charge in [-0.25, -0.2) is 0 Å². The van der Waals surface area contributed by atoms with Crippen molar-refractivity contribution >= 4 is 17.1 Å². The average Bonchev–Trinajstić information content (AvgIpc) is 2.72. The Kier molecular flexibility index (Phi) is 2.59. The molecular weight excluding hydrogens is 230 g/mol. The summed E-state index contributed by atoms with van der Waals surface area (Å²) in [6, 6.07) is 6.29. The molecule has 1 saturated carbocycles. The van der Waals surface area contributed by atoms with E-state index in [9.17, 15) is 10.1 Å². The molecular formula is C13H13N3O2. The Morgan fingerprint density at radius 1 is 1.33 bits per heavy atom. The van der Waals surface area contributed by atoms with Crippen molar-refractivity contribution in [2.45, 2.75) is 12.8 Å². The van der Waals surface area contributed by atoms with E-state index in [1.165, 1.54) is 17.8 Å². The van der Waals surface area contributed by atoms with E-state index >= 15 is 0 Å². The summed E-state index contributed by atoms with van der Waals surface area (Å²) in [4.78, 5) is 10.1. The topological polar surface area (TPSA) is 67.5 Å². The monoisotopic (exact) mass is 243 g/mol. The van der Waals surface area contributed by atoms with Crippen molar-refractivity contribution in [3.63, 3.8) is 0 Å². The first-order chi connectivity index (χ1) is 8.74. The minimum absolute atomic E-state index is 0.0944. The van der Waals surface area contributed by atoms with Gasteiger partial charge >= 0.3 is 0 Å². The Hall–Kier alpha value is -2.17. The Morgan fingerprint density at radius 3 is 2.78 bits per heavy atom. The number of hydrogen-bond acceptors (Lipinski definition) is 4.